The highest BCUT2D eigenvalue weighted by Gasteiger charge is 2.02. The third-order valence-electron chi connectivity index (χ3n) is 1.30. The Labute approximate surface area is 77.9 Å². The van der Waals surface area contributed by atoms with E-state index in [9.17, 15) is 0 Å². The van der Waals surface area contributed by atoms with Gasteiger partial charge >= 0.3 is 0 Å². The van der Waals surface area contributed by atoms with Crippen LogP contribution in [0.2, 0.25) is 0 Å². The number of hydrogen-bond acceptors (Lipinski definition) is 0. The molecule has 1 unspecified atom stereocenters. The zero-order valence-electron chi connectivity index (χ0n) is 5.43. The van der Waals surface area contributed by atoms with Crippen molar-refractivity contribution in [3.05, 3.63) is 35.9 Å². The van der Waals surface area contributed by atoms with Gasteiger partial charge in [0, 0.05) is 10.2 Å². The van der Waals surface area contributed by atoms with E-state index in [-0.39, 0.29) is 0 Å². The second kappa shape index (κ2) is 4.14. The van der Waals surface area contributed by atoms with Gasteiger partial charge in [-0.05, 0) is 5.56 Å². The van der Waals surface area contributed by atoms with Crippen LogP contribution in [0.5, 0.6) is 0 Å². The molecule has 0 fully saturated rings. The predicted molar refractivity (Wildman–Crippen MR) is 51.9 cm³/mol. The second-order valence-corrected chi connectivity index (χ2v) is 3.79. The molecule has 0 aliphatic rings. The van der Waals surface area contributed by atoms with Gasteiger partial charge in [-0.2, -0.15) is 0 Å². The second-order valence-electron chi connectivity index (χ2n) is 2.03. The third-order valence-corrected chi connectivity index (χ3v) is 3.67. The lowest BCUT2D eigenvalue weighted by Gasteiger charge is -2.03. The van der Waals surface area contributed by atoms with Crippen molar-refractivity contribution in [3.63, 3.8) is 0 Å². The van der Waals surface area contributed by atoms with Gasteiger partial charge in [-0.1, -0.05) is 62.2 Å². The molecule has 0 spiro atoms. The van der Waals surface area contributed by atoms with Gasteiger partial charge in [0.05, 0.1) is 0 Å². The van der Waals surface area contributed by atoms with E-state index in [0.717, 1.165) is 5.33 Å². The minimum absolute atomic E-state index is 0.439. The Kier molecular flexibility index (Phi) is 3.43. The van der Waals surface area contributed by atoms with E-state index in [4.69, 9.17) is 0 Å². The predicted octanol–water partition coefficient (Wildman–Crippen LogP) is 3.52. The molecule has 10 heavy (non-hydrogen) atoms. The number of benzene rings is 1. The monoisotopic (exact) mass is 263 g/mol. The number of alkyl halides is 2. The van der Waals surface area contributed by atoms with E-state index in [2.05, 4.69) is 44.0 Å². The molecule has 2 heteroatoms. The average molecular weight is 265 g/mol. The van der Waals surface area contributed by atoms with E-state index in [0.29, 0.717) is 4.83 Å². The van der Waals surface area contributed by atoms with Crippen molar-refractivity contribution < 1.29 is 0 Å². The molecule has 54 valence electrons. The average Bonchev–Trinajstić information content (AvgIpc) is 2.05. The van der Waals surface area contributed by atoms with Gasteiger partial charge in [0.25, 0.3) is 0 Å². The van der Waals surface area contributed by atoms with Gasteiger partial charge in [-0.25, -0.2) is 0 Å². The smallest absolute Gasteiger partial charge is 0.0492 e. The zero-order chi connectivity index (χ0) is 7.40. The molecule has 0 saturated carbocycles. The molecule has 0 heterocycles. The largest absolute Gasteiger partial charge is 0.0912 e. The summed E-state index contributed by atoms with van der Waals surface area (Å²) in [5.74, 6) is 0. The van der Waals surface area contributed by atoms with Crippen molar-refractivity contribution in [1.29, 1.82) is 0 Å². The summed E-state index contributed by atoms with van der Waals surface area (Å²) < 4.78 is 0. The lowest BCUT2D eigenvalue weighted by molar-refractivity contribution is 1.15. The van der Waals surface area contributed by atoms with Crippen LogP contribution in [0.4, 0.5) is 0 Å². The molecule has 0 saturated heterocycles. The summed E-state index contributed by atoms with van der Waals surface area (Å²) in [6, 6.07) is 10.3. The fourth-order valence-electron chi connectivity index (χ4n) is 0.751. The lowest BCUT2D eigenvalue weighted by Crippen LogP contribution is -1.88. The van der Waals surface area contributed by atoms with Crippen LogP contribution in [-0.4, -0.2) is 5.33 Å². The van der Waals surface area contributed by atoms with Crippen LogP contribution in [0.15, 0.2) is 30.3 Å². The topological polar surface area (TPSA) is 0 Å². The van der Waals surface area contributed by atoms with E-state index in [1.165, 1.54) is 5.56 Å². The van der Waals surface area contributed by atoms with E-state index < -0.39 is 0 Å². The quantitative estimate of drug-likeness (QED) is 0.567. The molecule has 1 aromatic carbocycles. The maximum Gasteiger partial charge on any atom is 0.0492 e. The summed E-state index contributed by atoms with van der Waals surface area (Å²) in [6.07, 6.45) is 0. The van der Waals surface area contributed by atoms with Crippen LogP contribution >= 0.6 is 31.9 Å². The number of rotatable bonds is 2. The van der Waals surface area contributed by atoms with Crippen molar-refractivity contribution >= 4 is 31.9 Å². The first-order valence-corrected chi connectivity index (χ1v) is 5.13. The lowest BCUT2D eigenvalue weighted by atomic mass is 10.2. The Morgan fingerprint density at radius 3 is 2.30 bits per heavy atom. The minimum atomic E-state index is 0.439. The molecule has 1 atom stereocenters. The molecule has 1 aromatic rings. The normalized spacial score (nSPS) is 13.0. The fraction of sp³-hybridized carbons (Fsp3) is 0.250. The number of halogens is 2. The molecule has 0 amide bonds. The molecular weight excluding hydrogens is 257 g/mol. The van der Waals surface area contributed by atoms with Crippen LogP contribution in [0, 0.1) is 0 Å². The van der Waals surface area contributed by atoms with Crippen LogP contribution in [0.25, 0.3) is 0 Å². The van der Waals surface area contributed by atoms with Gasteiger partial charge in [-0.3, -0.25) is 0 Å². The standard InChI is InChI=1S/C8H8Br2/c9-6-8(10)7-4-2-1-3-5-7/h1-5,8H,6H2/i6+1. The highest BCUT2D eigenvalue weighted by molar-refractivity contribution is 9.12. The molecule has 0 radical (unpaired) electrons. The van der Waals surface area contributed by atoms with E-state index in [1.807, 2.05) is 18.2 Å². The first-order chi connectivity index (χ1) is 4.84. The SMILES string of the molecule is Br[13CH2]C(Br)c1ccccc1. The van der Waals surface area contributed by atoms with Crippen molar-refractivity contribution in [1.82, 2.24) is 0 Å². The van der Waals surface area contributed by atoms with Crippen molar-refractivity contribution in [2.75, 3.05) is 5.33 Å². The summed E-state index contributed by atoms with van der Waals surface area (Å²) >= 11 is 6.94. The zero-order valence-corrected chi connectivity index (χ0v) is 8.60. The first-order valence-electron chi connectivity index (χ1n) is 3.09. The molecule has 0 aliphatic heterocycles. The first kappa shape index (κ1) is 8.28. The van der Waals surface area contributed by atoms with E-state index >= 15 is 0 Å². The third kappa shape index (κ3) is 2.10. The molecule has 1 rings (SSSR count). The summed E-state index contributed by atoms with van der Waals surface area (Å²) in [4.78, 5) is 0.439. The van der Waals surface area contributed by atoms with Crippen LogP contribution in [0.1, 0.15) is 10.4 Å². The van der Waals surface area contributed by atoms with Crippen molar-refractivity contribution in [3.8, 4) is 0 Å². The van der Waals surface area contributed by atoms with Gasteiger partial charge in [0.15, 0.2) is 0 Å². The molecular formula is C8H8Br2. The summed E-state index contributed by atoms with van der Waals surface area (Å²) in [5.41, 5.74) is 1.32. The maximum atomic E-state index is 3.54. The highest BCUT2D eigenvalue weighted by Crippen LogP contribution is 2.23. The molecule has 0 aliphatic carbocycles. The summed E-state index contributed by atoms with van der Waals surface area (Å²) in [5, 5.41) is 0.955. The van der Waals surface area contributed by atoms with Gasteiger partial charge in [-0.15, -0.1) is 0 Å². The molecule has 0 aromatic heterocycles. The Hall–Kier alpha value is 0.180. The van der Waals surface area contributed by atoms with Gasteiger partial charge < -0.3 is 0 Å². The Balaban J connectivity index is 2.75. The molecule has 0 bridgehead atoms. The maximum absolute atomic E-state index is 3.54. The molecule has 0 N–H and O–H groups in total. The summed E-state index contributed by atoms with van der Waals surface area (Å²) in [7, 11) is 0. The Morgan fingerprint density at radius 1 is 1.20 bits per heavy atom. The Morgan fingerprint density at radius 2 is 1.80 bits per heavy atom. The Bertz CT molecular complexity index is 184. The van der Waals surface area contributed by atoms with Crippen LogP contribution in [0.3, 0.4) is 0 Å². The van der Waals surface area contributed by atoms with E-state index in [1.54, 1.807) is 0 Å². The van der Waals surface area contributed by atoms with Crippen LogP contribution in [-0.2, 0) is 0 Å². The van der Waals surface area contributed by atoms with Crippen LogP contribution < -0.4 is 0 Å². The van der Waals surface area contributed by atoms with Gasteiger partial charge in [0.1, 0.15) is 0 Å². The highest BCUT2D eigenvalue weighted by atomic mass is 79.9. The minimum Gasteiger partial charge on any atom is -0.0912 e. The molecule has 0 nitrogen and oxygen atoms in total. The fourth-order valence-corrected chi connectivity index (χ4v) is 1.43. The number of hydrogen-bond donors (Lipinski definition) is 0. The summed E-state index contributed by atoms with van der Waals surface area (Å²) in [6.45, 7) is 0. The van der Waals surface area contributed by atoms with Crippen molar-refractivity contribution in [2.45, 2.75) is 4.83 Å². The van der Waals surface area contributed by atoms with Gasteiger partial charge in [0.2, 0.25) is 0 Å². The van der Waals surface area contributed by atoms with Crippen molar-refractivity contribution in [2.24, 2.45) is 0 Å².